The molecule has 1 atom stereocenters. The highest BCUT2D eigenvalue weighted by Gasteiger charge is 2.82. The molecule has 2 aromatic rings. The summed E-state index contributed by atoms with van der Waals surface area (Å²) in [6, 6.07) is 3.98. The predicted molar refractivity (Wildman–Crippen MR) is 109 cm³/mol. The summed E-state index contributed by atoms with van der Waals surface area (Å²) in [5.74, 6) is -8.07. The molecule has 1 unspecified atom stereocenters. The van der Waals surface area contributed by atoms with Gasteiger partial charge in [0.05, 0.1) is 10.5 Å². The number of carbonyl (C=O) groups is 1. The number of nitrogens with zero attached hydrogens (tertiary/aromatic N) is 1. The van der Waals surface area contributed by atoms with E-state index in [9.17, 15) is 50.0 Å². The molecular formula is C20H14BrF9N2O3. The summed E-state index contributed by atoms with van der Waals surface area (Å²) in [5, 5.41) is 13.1. The monoisotopic (exact) mass is 580 g/mol. The minimum Gasteiger partial charge on any atom is -0.321 e. The molecule has 0 aliphatic heterocycles. The number of benzene rings is 2. The molecule has 35 heavy (non-hydrogen) atoms. The number of nitrogens with one attached hydrogen (secondary N) is 1. The van der Waals surface area contributed by atoms with Gasteiger partial charge in [-0.2, -0.15) is 35.1 Å². The summed E-state index contributed by atoms with van der Waals surface area (Å²) in [4.78, 5) is 22.9. The maximum atomic E-state index is 15.1. The fraction of sp³-hybridized carbons (Fsp3) is 0.350. The van der Waals surface area contributed by atoms with Crippen LogP contribution in [-0.2, 0) is 12.1 Å². The van der Waals surface area contributed by atoms with E-state index in [1.807, 2.05) is 0 Å². The summed E-state index contributed by atoms with van der Waals surface area (Å²) < 4.78 is 122. The lowest BCUT2D eigenvalue weighted by atomic mass is 9.82. The summed E-state index contributed by atoms with van der Waals surface area (Å²) in [6.45, 7) is 2.23. The SMILES string of the molecule is CCc1c(C(F)(C(F)(F)F)C(F)(F)C(F)(F)F)ccc(C)c1NC(=O)c1cccc([N+](=O)[O-])c1Br. The lowest BCUT2D eigenvalue weighted by molar-refractivity contribution is -0.389. The van der Waals surface area contributed by atoms with Crippen LogP contribution in [0.3, 0.4) is 0 Å². The smallest absolute Gasteiger partial charge is 0.321 e. The van der Waals surface area contributed by atoms with Crippen molar-refractivity contribution >= 4 is 33.2 Å². The normalized spacial score (nSPS) is 14.4. The third-order valence-corrected chi connectivity index (χ3v) is 5.92. The van der Waals surface area contributed by atoms with Gasteiger partial charge in [-0.3, -0.25) is 14.9 Å². The molecule has 0 radical (unpaired) electrons. The van der Waals surface area contributed by atoms with Crippen LogP contribution < -0.4 is 5.32 Å². The molecule has 5 nitrogen and oxygen atoms in total. The Morgan fingerprint density at radius 2 is 1.57 bits per heavy atom. The Bertz CT molecular complexity index is 1170. The molecule has 0 bridgehead atoms. The van der Waals surface area contributed by atoms with E-state index in [4.69, 9.17) is 0 Å². The molecule has 0 fully saturated rings. The van der Waals surface area contributed by atoms with Gasteiger partial charge in [-0.1, -0.05) is 25.1 Å². The lowest BCUT2D eigenvalue weighted by Crippen LogP contribution is -2.60. The van der Waals surface area contributed by atoms with E-state index in [2.05, 4.69) is 21.2 Å². The molecule has 15 heteroatoms. The highest BCUT2D eigenvalue weighted by Crippen LogP contribution is 2.59. The highest BCUT2D eigenvalue weighted by molar-refractivity contribution is 9.10. The number of hydrogen-bond acceptors (Lipinski definition) is 3. The Morgan fingerprint density at radius 3 is 2.03 bits per heavy atom. The quantitative estimate of drug-likeness (QED) is 0.220. The van der Waals surface area contributed by atoms with Gasteiger partial charge in [-0.15, -0.1) is 0 Å². The molecule has 192 valence electrons. The molecule has 0 saturated heterocycles. The van der Waals surface area contributed by atoms with Crippen molar-refractivity contribution in [2.75, 3.05) is 5.32 Å². The number of carbonyl (C=O) groups excluding carboxylic acids is 1. The van der Waals surface area contributed by atoms with Crippen LogP contribution in [0.5, 0.6) is 0 Å². The van der Waals surface area contributed by atoms with Crippen LogP contribution in [-0.4, -0.2) is 29.1 Å². The zero-order valence-electron chi connectivity index (χ0n) is 17.5. The largest absolute Gasteiger partial charge is 0.457 e. The van der Waals surface area contributed by atoms with E-state index in [1.165, 1.54) is 6.92 Å². The van der Waals surface area contributed by atoms with Crippen LogP contribution in [0.25, 0.3) is 0 Å². The Kier molecular flexibility index (Phi) is 7.56. The van der Waals surface area contributed by atoms with Crippen molar-refractivity contribution in [1.29, 1.82) is 0 Å². The number of nitro benzene ring substituents is 1. The van der Waals surface area contributed by atoms with E-state index in [-0.39, 0.29) is 16.1 Å². The molecular weight excluding hydrogens is 567 g/mol. The lowest BCUT2D eigenvalue weighted by Gasteiger charge is -2.37. The van der Waals surface area contributed by atoms with Crippen LogP contribution in [0.2, 0.25) is 0 Å². The second-order valence-corrected chi connectivity index (χ2v) is 8.01. The van der Waals surface area contributed by atoms with Gasteiger partial charge in [0.15, 0.2) is 0 Å². The van der Waals surface area contributed by atoms with Gasteiger partial charge in [-0.05, 0) is 46.5 Å². The van der Waals surface area contributed by atoms with Gasteiger partial charge >= 0.3 is 23.9 Å². The number of halogens is 10. The number of rotatable bonds is 6. The first-order valence-electron chi connectivity index (χ1n) is 9.40. The first-order chi connectivity index (χ1) is 15.8. The Hall–Kier alpha value is -2.84. The Balaban J connectivity index is 2.78. The second kappa shape index (κ2) is 9.32. The van der Waals surface area contributed by atoms with Crippen molar-refractivity contribution in [2.24, 2.45) is 0 Å². The van der Waals surface area contributed by atoms with Gasteiger partial charge in [0.2, 0.25) is 0 Å². The van der Waals surface area contributed by atoms with Crippen molar-refractivity contribution < 1.29 is 49.2 Å². The predicted octanol–water partition coefficient (Wildman–Crippen LogP) is 7.41. The number of hydrogen-bond donors (Lipinski definition) is 1. The minimum atomic E-state index is -6.91. The van der Waals surface area contributed by atoms with Crippen molar-refractivity contribution in [3.63, 3.8) is 0 Å². The van der Waals surface area contributed by atoms with Gasteiger partial charge < -0.3 is 5.32 Å². The molecule has 2 aromatic carbocycles. The molecule has 1 amide bonds. The van der Waals surface area contributed by atoms with E-state index >= 15 is 4.39 Å². The van der Waals surface area contributed by atoms with E-state index in [1.54, 1.807) is 0 Å². The van der Waals surface area contributed by atoms with Crippen LogP contribution in [0.1, 0.15) is 34.0 Å². The molecule has 0 spiro atoms. The van der Waals surface area contributed by atoms with E-state index < -0.39 is 69.3 Å². The Labute approximate surface area is 199 Å². The average Bonchev–Trinajstić information content (AvgIpc) is 2.72. The molecule has 0 aromatic heterocycles. The van der Waals surface area contributed by atoms with E-state index in [0.29, 0.717) is 6.07 Å². The first kappa shape index (κ1) is 28.4. The number of nitro groups is 1. The number of anilines is 1. The molecule has 0 heterocycles. The summed E-state index contributed by atoms with van der Waals surface area (Å²) in [5.41, 5.74) is -10.9. The zero-order valence-corrected chi connectivity index (χ0v) is 19.1. The first-order valence-corrected chi connectivity index (χ1v) is 10.2. The fourth-order valence-electron chi connectivity index (χ4n) is 3.34. The standard InChI is InChI=1S/C20H14BrF9N2O3/c1-3-10-12(17(22,19(25,26)27)18(23,24)20(28,29)30)8-7-9(2)15(10)31-16(33)11-5-4-6-13(14(11)21)32(34)35/h4-8H,3H2,1-2H3,(H,31,33). The number of aryl methyl sites for hydroxylation is 1. The topological polar surface area (TPSA) is 72.2 Å². The van der Waals surface area contributed by atoms with Crippen molar-refractivity contribution in [2.45, 2.75) is 44.2 Å². The molecule has 0 saturated carbocycles. The highest BCUT2D eigenvalue weighted by atomic mass is 79.9. The number of amides is 1. The van der Waals surface area contributed by atoms with Crippen LogP contribution >= 0.6 is 15.9 Å². The van der Waals surface area contributed by atoms with Crippen molar-refractivity contribution in [3.05, 3.63) is 67.2 Å². The summed E-state index contributed by atoms with van der Waals surface area (Å²) in [7, 11) is 0. The molecule has 2 rings (SSSR count). The second-order valence-electron chi connectivity index (χ2n) is 7.22. The molecule has 0 aliphatic carbocycles. The summed E-state index contributed by atoms with van der Waals surface area (Å²) in [6.07, 6.45) is -14.3. The Morgan fingerprint density at radius 1 is 1.00 bits per heavy atom. The van der Waals surface area contributed by atoms with Crippen molar-refractivity contribution in [3.8, 4) is 0 Å². The van der Waals surface area contributed by atoms with Crippen molar-refractivity contribution in [1.82, 2.24) is 0 Å². The maximum absolute atomic E-state index is 15.1. The third-order valence-electron chi connectivity index (χ3n) is 5.08. The maximum Gasteiger partial charge on any atom is 0.457 e. The van der Waals surface area contributed by atoms with Gasteiger partial charge in [0.1, 0.15) is 4.47 Å². The zero-order chi connectivity index (χ0) is 27.1. The van der Waals surface area contributed by atoms with Crippen LogP contribution in [0, 0.1) is 17.0 Å². The fourth-order valence-corrected chi connectivity index (χ4v) is 3.93. The summed E-state index contributed by atoms with van der Waals surface area (Å²) >= 11 is 2.83. The van der Waals surface area contributed by atoms with Crippen LogP contribution in [0.4, 0.5) is 50.9 Å². The van der Waals surface area contributed by atoms with Gasteiger partial charge in [-0.25, -0.2) is 4.39 Å². The molecule has 0 aliphatic rings. The van der Waals surface area contributed by atoms with E-state index in [0.717, 1.165) is 25.1 Å². The minimum absolute atomic E-state index is 0.0969. The van der Waals surface area contributed by atoms with Gasteiger partial charge in [0.25, 0.3) is 11.6 Å². The average molecular weight is 581 g/mol. The molecule has 1 N–H and O–H groups in total. The number of alkyl halides is 9. The van der Waals surface area contributed by atoms with Gasteiger partial charge in [0, 0.05) is 17.3 Å². The third kappa shape index (κ3) is 4.69. The van der Waals surface area contributed by atoms with Crippen LogP contribution in [0.15, 0.2) is 34.8 Å².